The van der Waals surface area contributed by atoms with Crippen molar-refractivity contribution in [1.82, 2.24) is 4.90 Å². The van der Waals surface area contributed by atoms with E-state index in [0.29, 0.717) is 22.0 Å². The van der Waals surface area contributed by atoms with Gasteiger partial charge in [-0.1, -0.05) is 35.7 Å². The van der Waals surface area contributed by atoms with Crippen molar-refractivity contribution in [3.05, 3.63) is 33.8 Å². The van der Waals surface area contributed by atoms with Gasteiger partial charge in [0.25, 0.3) is 0 Å². The van der Waals surface area contributed by atoms with Crippen molar-refractivity contribution in [2.24, 2.45) is 0 Å². The molecule has 2 atom stereocenters. The molecule has 0 aromatic heterocycles. The van der Waals surface area contributed by atoms with Gasteiger partial charge in [-0.05, 0) is 57.0 Å². The van der Waals surface area contributed by atoms with Crippen LogP contribution >= 0.6 is 23.2 Å². The summed E-state index contributed by atoms with van der Waals surface area (Å²) in [4.78, 5) is 2.34. The zero-order valence-electron chi connectivity index (χ0n) is 10.4. The molecule has 0 radical (unpaired) electrons. The maximum Gasteiger partial charge on any atom is 0.0595 e. The lowest BCUT2D eigenvalue weighted by molar-refractivity contribution is 0.213. The predicted octanol–water partition coefficient (Wildman–Crippen LogP) is 4.58. The molecule has 1 aromatic carbocycles. The first-order valence-electron chi connectivity index (χ1n) is 6.19. The Kier molecular flexibility index (Phi) is 4.35. The summed E-state index contributed by atoms with van der Waals surface area (Å²) in [5, 5.41) is 1.33. The monoisotopic (exact) mass is 271 g/mol. The highest BCUT2D eigenvalue weighted by Gasteiger charge is 2.24. The van der Waals surface area contributed by atoms with Crippen LogP contribution in [0.5, 0.6) is 0 Å². The van der Waals surface area contributed by atoms with Gasteiger partial charge < -0.3 is 4.90 Å². The normalized spacial score (nSPS) is 25.2. The number of benzene rings is 1. The molecule has 2 rings (SSSR count). The van der Waals surface area contributed by atoms with E-state index in [9.17, 15) is 0 Å². The van der Waals surface area contributed by atoms with Gasteiger partial charge in [0.05, 0.1) is 10.0 Å². The molecule has 0 aliphatic heterocycles. The number of halogens is 2. The standard InChI is InChI=1S/C14H19Cl2N/c1-17(2)12-5-3-4-10(8-12)11-6-7-13(15)14(16)9-11/h6-7,9-10,12H,3-5,8H2,1-2H3. The van der Waals surface area contributed by atoms with E-state index in [4.69, 9.17) is 23.2 Å². The van der Waals surface area contributed by atoms with E-state index >= 15 is 0 Å². The molecule has 0 bridgehead atoms. The molecule has 0 spiro atoms. The molecule has 1 saturated carbocycles. The average Bonchev–Trinajstić information content (AvgIpc) is 2.33. The van der Waals surface area contributed by atoms with Gasteiger partial charge in [-0.15, -0.1) is 0 Å². The highest BCUT2D eigenvalue weighted by atomic mass is 35.5. The number of rotatable bonds is 2. The highest BCUT2D eigenvalue weighted by molar-refractivity contribution is 6.42. The first-order valence-corrected chi connectivity index (χ1v) is 6.95. The Morgan fingerprint density at radius 1 is 1.12 bits per heavy atom. The third-order valence-corrected chi connectivity index (χ3v) is 4.53. The van der Waals surface area contributed by atoms with Crippen LogP contribution in [0.3, 0.4) is 0 Å². The fraction of sp³-hybridized carbons (Fsp3) is 0.571. The summed E-state index contributed by atoms with van der Waals surface area (Å²) >= 11 is 12.0. The largest absolute Gasteiger partial charge is 0.306 e. The fourth-order valence-corrected chi connectivity index (χ4v) is 3.01. The average molecular weight is 272 g/mol. The van der Waals surface area contributed by atoms with Gasteiger partial charge in [-0.3, -0.25) is 0 Å². The number of hydrogen-bond acceptors (Lipinski definition) is 1. The van der Waals surface area contributed by atoms with E-state index in [-0.39, 0.29) is 0 Å². The highest BCUT2D eigenvalue weighted by Crippen LogP contribution is 2.36. The van der Waals surface area contributed by atoms with Gasteiger partial charge in [0.15, 0.2) is 0 Å². The molecule has 0 heterocycles. The van der Waals surface area contributed by atoms with Crippen LogP contribution in [0.2, 0.25) is 10.0 Å². The minimum absolute atomic E-state index is 0.630. The topological polar surface area (TPSA) is 3.24 Å². The van der Waals surface area contributed by atoms with Gasteiger partial charge in [-0.2, -0.15) is 0 Å². The van der Waals surface area contributed by atoms with Gasteiger partial charge in [0.1, 0.15) is 0 Å². The van der Waals surface area contributed by atoms with Crippen LogP contribution in [0.25, 0.3) is 0 Å². The van der Waals surface area contributed by atoms with Crippen molar-refractivity contribution >= 4 is 23.2 Å². The molecule has 3 heteroatoms. The lowest BCUT2D eigenvalue weighted by Crippen LogP contribution is -2.32. The first-order chi connectivity index (χ1) is 8.08. The van der Waals surface area contributed by atoms with Crippen molar-refractivity contribution < 1.29 is 0 Å². The summed E-state index contributed by atoms with van der Waals surface area (Å²) in [6.07, 6.45) is 5.10. The van der Waals surface area contributed by atoms with Gasteiger partial charge in [0.2, 0.25) is 0 Å². The Balaban J connectivity index is 2.13. The molecule has 1 fully saturated rings. The Morgan fingerprint density at radius 3 is 2.53 bits per heavy atom. The van der Waals surface area contributed by atoms with E-state index in [2.05, 4.69) is 25.1 Å². The fourth-order valence-electron chi connectivity index (χ4n) is 2.70. The predicted molar refractivity (Wildman–Crippen MR) is 75.1 cm³/mol. The van der Waals surface area contributed by atoms with Gasteiger partial charge in [-0.25, -0.2) is 0 Å². The summed E-state index contributed by atoms with van der Waals surface area (Å²) in [5.41, 5.74) is 1.34. The molecule has 1 aliphatic rings. The van der Waals surface area contributed by atoms with Crippen molar-refractivity contribution in [3.8, 4) is 0 Å². The van der Waals surface area contributed by atoms with Crippen molar-refractivity contribution in [2.75, 3.05) is 14.1 Å². The van der Waals surface area contributed by atoms with Crippen molar-refractivity contribution in [2.45, 2.75) is 37.6 Å². The van der Waals surface area contributed by atoms with Crippen LogP contribution in [-0.2, 0) is 0 Å². The lowest BCUT2D eigenvalue weighted by atomic mass is 9.81. The zero-order valence-corrected chi connectivity index (χ0v) is 11.9. The Morgan fingerprint density at radius 2 is 1.88 bits per heavy atom. The second kappa shape index (κ2) is 5.60. The second-order valence-electron chi connectivity index (χ2n) is 5.15. The molecule has 0 saturated heterocycles. The summed E-state index contributed by atoms with van der Waals surface area (Å²) in [7, 11) is 4.34. The lowest BCUT2D eigenvalue weighted by Gasteiger charge is -2.33. The van der Waals surface area contributed by atoms with Gasteiger partial charge in [0, 0.05) is 6.04 Å². The molecule has 1 aliphatic carbocycles. The van der Waals surface area contributed by atoms with Crippen LogP contribution in [0.4, 0.5) is 0 Å². The maximum absolute atomic E-state index is 6.09. The Bertz CT molecular complexity index is 390. The van der Waals surface area contributed by atoms with Crippen molar-refractivity contribution in [3.63, 3.8) is 0 Å². The van der Waals surface area contributed by atoms with E-state index in [1.807, 2.05) is 12.1 Å². The second-order valence-corrected chi connectivity index (χ2v) is 5.97. The molecular formula is C14H19Cl2N. The summed E-state index contributed by atoms with van der Waals surface area (Å²) < 4.78 is 0. The molecule has 0 N–H and O–H groups in total. The molecule has 1 aromatic rings. The molecule has 0 amide bonds. The van der Waals surface area contributed by atoms with Crippen LogP contribution in [0.1, 0.15) is 37.2 Å². The minimum atomic E-state index is 0.630. The van der Waals surface area contributed by atoms with Crippen LogP contribution in [-0.4, -0.2) is 25.0 Å². The zero-order chi connectivity index (χ0) is 12.4. The van der Waals surface area contributed by atoms with Gasteiger partial charge >= 0.3 is 0 Å². The Labute approximate surface area is 114 Å². The third kappa shape index (κ3) is 3.15. The third-order valence-electron chi connectivity index (χ3n) is 3.79. The van der Waals surface area contributed by atoms with E-state index < -0.39 is 0 Å². The minimum Gasteiger partial charge on any atom is -0.306 e. The van der Waals surface area contributed by atoms with E-state index in [0.717, 1.165) is 0 Å². The number of hydrogen-bond donors (Lipinski definition) is 0. The van der Waals surface area contributed by atoms with Crippen LogP contribution < -0.4 is 0 Å². The smallest absolute Gasteiger partial charge is 0.0595 e. The number of nitrogens with zero attached hydrogens (tertiary/aromatic N) is 1. The molecular weight excluding hydrogens is 253 g/mol. The Hall–Kier alpha value is -0.240. The van der Waals surface area contributed by atoms with E-state index in [1.54, 1.807) is 0 Å². The summed E-state index contributed by atoms with van der Waals surface area (Å²) in [5.74, 6) is 0.630. The summed E-state index contributed by atoms with van der Waals surface area (Å²) in [6.45, 7) is 0. The van der Waals surface area contributed by atoms with Crippen LogP contribution in [0.15, 0.2) is 18.2 Å². The quantitative estimate of drug-likeness (QED) is 0.761. The molecule has 17 heavy (non-hydrogen) atoms. The summed E-state index contributed by atoms with van der Waals surface area (Å²) in [6, 6.07) is 6.77. The first kappa shape index (κ1) is 13.2. The molecule has 1 nitrogen and oxygen atoms in total. The van der Waals surface area contributed by atoms with Crippen molar-refractivity contribution in [1.29, 1.82) is 0 Å². The molecule has 94 valence electrons. The SMILES string of the molecule is CN(C)C1CCCC(c2ccc(Cl)c(Cl)c2)C1. The maximum atomic E-state index is 6.09. The molecule has 2 unspecified atom stereocenters. The van der Waals surface area contributed by atoms with Crippen LogP contribution in [0, 0.1) is 0 Å². The van der Waals surface area contributed by atoms with E-state index in [1.165, 1.54) is 31.2 Å².